The molecule has 1 aliphatic carbocycles. The lowest BCUT2D eigenvalue weighted by Crippen LogP contribution is -2.26. The van der Waals surface area contributed by atoms with E-state index in [9.17, 15) is 0 Å². The Kier molecular flexibility index (Phi) is 13.1. The maximum atomic E-state index is 2.66. The van der Waals surface area contributed by atoms with Crippen molar-refractivity contribution in [2.24, 2.45) is 0 Å². The van der Waals surface area contributed by atoms with Gasteiger partial charge >= 0.3 is 0 Å². The Morgan fingerprint density at radius 3 is 1.69 bits per heavy atom. The number of benzene rings is 5. The van der Waals surface area contributed by atoms with Gasteiger partial charge in [-0.05, 0) is 136 Å². The van der Waals surface area contributed by atoms with Gasteiger partial charge < -0.3 is 0 Å². The van der Waals surface area contributed by atoms with E-state index in [1.807, 2.05) is 0 Å². The van der Waals surface area contributed by atoms with E-state index in [1.54, 1.807) is 11.1 Å². The summed E-state index contributed by atoms with van der Waals surface area (Å²) in [5.74, 6) is 0. The molecule has 5 aromatic carbocycles. The van der Waals surface area contributed by atoms with Crippen LogP contribution < -0.4 is 0 Å². The van der Waals surface area contributed by atoms with E-state index >= 15 is 0 Å². The van der Waals surface area contributed by atoms with Gasteiger partial charge in [-0.25, -0.2) is 0 Å². The van der Waals surface area contributed by atoms with Crippen LogP contribution in [-0.2, 0) is 11.8 Å². The molecule has 6 rings (SSSR count). The van der Waals surface area contributed by atoms with Crippen molar-refractivity contribution in [1.82, 2.24) is 0 Å². The first-order valence-electron chi connectivity index (χ1n) is 21.3. The molecular formula is C52H66. The normalized spacial score (nSPS) is 13.1. The summed E-state index contributed by atoms with van der Waals surface area (Å²) >= 11 is 0. The van der Waals surface area contributed by atoms with Crippen molar-refractivity contribution in [3.05, 3.63) is 118 Å². The summed E-state index contributed by atoms with van der Waals surface area (Å²) in [5.41, 5.74) is 17.3. The summed E-state index contributed by atoms with van der Waals surface area (Å²) in [4.78, 5) is 0. The number of rotatable bonds is 19. The smallest absolute Gasteiger partial charge is 0.0215 e. The van der Waals surface area contributed by atoms with Gasteiger partial charge in [0, 0.05) is 5.41 Å². The van der Waals surface area contributed by atoms with Crippen LogP contribution in [0.3, 0.4) is 0 Å². The molecule has 52 heavy (non-hydrogen) atoms. The molecule has 0 amide bonds. The molecule has 0 saturated heterocycles. The van der Waals surface area contributed by atoms with Crippen molar-refractivity contribution >= 4 is 10.8 Å². The molecule has 274 valence electrons. The van der Waals surface area contributed by atoms with Crippen LogP contribution in [0, 0.1) is 20.8 Å². The van der Waals surface area contributed by atoms with E-state index in [0.29, 0.717) is 0 Å². The molecule has 0 aromatic heterocycles. The standard InChI is InChI=1S/C52H66/c1-7-10-13-15-17-21-32-52(33-22-18-16-14-11-8-2)49-37-43(30-31-47(49)51-46-25-20-19-24-45(46)39(5)35-50(51)52)48-36-44(34-38(4)40(48)6)42-28-26-41(27-29-42)23-12-9-3/h19-20,24-31,34-37H,7-18,21-23,32-33H2,1-6H3. The second-order valence-electron chi connectivity index (χ2n) is 16.3. The van der Waals surface area contributed by atoms with Crippen LogP contribution in [0.15, 0.2) is 84.9 Å². The third kappa shape index (κ3) is 8.12. The monoisotopic (exact) mass is 691 g/mol. The molecule has 0 nitrogen and oxygen atoms in total. The minimum atomic E-state index is 0.0554. The predicted octanol–water partition coefficient (Wildman–Crippen LogP) is 16.2. The van der Waals surface area contributed by atoms with Crippen molar-refractivity contribution in [3.8, 4) is 33.4 Å². The van der Waals surface area contributed by atoms with Gasteiger partial charge in [-0.1, -0.05) is 177 Å². The van der Waals surface area contributed by atoms with Gasteiger partial charge in [0.15, 0.2) is 0 Å². The molecule has 0 radical (unpaired) electrons. The summed E-state index contributed by atoms with van der Waals surface area (Å²) in [6.45, 7) is 13.9. The largest absolute Gasteiger partial charge is 0.0654 e. The van der Waals surface area contributed by atoms with E-state index in [1.165, 1.54) is 176 Å². The summed E-state index contributed by atoms with van der Waals surface area (Å²) in [7, 11) is 0. The molecule has 0 aliphatic heterocycles. The zero-order chi connectivity index (χ0) is 36.5. The molecule has 0 saturated carbocycles. The topological polar surface area (TPSA) is 0 Å². The molecule has 0 heterocycles. The highest BCUT2D eigenvalue weighted by atomic mass is 14.5. The first kappa shape index (κ1) is 38.1. The zero-order valence-corrected chi connectivity index (χ0v) is 33.6. The van der Waals surface area contributed by atoms with Crippen LogP contribution in [0.5, 0.6) is 0 Å². The third-order valence-electron chi connectivity index (χ3n) is 12.6. The molecule has 1 aliphatic rings. The van der Waals surface area contributed by atoms with Crippen molar-refractivity contribution in [1.29, 1.82) is 0 Å². The van der Waals surface area contributed by atoms with Crippen LogP contribution >= 0.6 is 0 Å². The van der Waals surface area contributed by atoms with E-state index in [0.717, 1.165) is 0 Å². The first-order chi connectivity index (χ1) is 25.4. The molecule has 0 fully saturated rings. The number of hydrogen-bond acceptors (Lipinski definition) is 0. The number of aryl methyl sites for hydroxylation is 3. The highest BCUT2D eigenvalue weighted by molar-refractivity contribution is 6.04. The van der Waals surface area contributed by atoms with Crippen LogP contribution in [0.4, 0.5) is 0 Å². The van der Waals surface area contributed by atoms with Gasteiger partial charge in [-0.2, -0.15) is 0 Å². The maximum Gasteiger partial charge on any atom is 0.0215 e. The van der Waals surface area contributed by atoms with Crippen molar-refractivity contribution in [2.75, 3.05) is 0 Å². The molecule has 0 atom stereocenters. The number of fused-ring (bicyclic) bond motifs is 5. The third-order valence-corrected chi connectivity index (χ3v) is 12.6. The molecule has 0 bridgehead atoms. The second-order valence-corrected chi connectivity index (χ2v) is 16.3. The maximum absolute atomic E-state index is 2.66. The van der Waals surface area contributed by atoms with Gasteiger partial charge in [-0.3, -0.25) is 0 Å². The zero-order valence-electron chi connectivity index (χ0n) is 33.6. The Hall–Kier alpha value is -3.64. The summed E-state index contributed by atoms with van der Waals surface area (Å²) < 4.78 is 0. The summed E-state index contributed by atoms with van der Waals surface area (Å²) in [6, 6.07) is 33.7. The Morgan fingerprint density at radius 1 is 0.442 bits per heavy atom. The van der Waals surface area contributed by atoms with E-state index < -0.39 is 0 Å². The molecule has 0 unspecified atom stereocenters. The van der Waals surface area contributed by atoms with Crippen molar-refractivity contribution in [2.45, 2.75) is 156 Å². The average Bonchev–Trinajstić information content (AvgIpc) is 3.43. The van der Waals surface area contributed by atoms with Gasteiger partial charge in [-0.15, -0.1) is 0 Å². The molecule has 5 aromatic rings. The van der Waals surface area contributed by atoms with Crippen LogP contribution in [0.1, 0.15) is 157 Å². The lowest BCUT2D eigenvalue weighted by Gasteiger charge is -2.34. The van der Waals surface area contributed by atoms with Crippen LogP contribution in [0.2, 0.25) is 0 Å². The van der Waals surface area contributed by atoms with Crippen LogP contribution in [-0.4, -0.2) is 0 Å². The molecule has 0 N–H and O–H groups in total. The number of unbranched alkanes of at least 4 members (excludes halogenated alkanes) is 11. The van der Waals surface area contributed by atoms with E-state index in [2.05, 4.69) is 126 Å². The summed E-state index contributed by atoms with van der Waals surface area (Å²) in [6.07, 6.45) is 22.3. The molecular weight excluding hydrogens is 625 g/mol. The van der Waals surface area contributed by atoms with Crippen LogP contribution in [0.25, 0.3) is 44.2 Å². The lowest BCUT2D eigenvalue weighted by atomic mass is 9.69. The Labute approximate surface area is 317 Å². The highest BCUT2D eigenvalue weighted by Gasteiger charge is 2.43. The second kappa shape index (κ2) is 17.9. The van der Waals surface area contributed by atoms with Gasteiger partial charge in [0.1, 0.15) is 0 Å². The quantitative estimate of drug-likeness (QED) is 0.0757. The lowest BCUT2D eigenvalue weighted by molar-refractivity contribution is 0.398. The minimum absolute atomic E-state index is 0.0554. The SMILES string of the molecule is CCCCCCCCC1(CCCCCCCC)c2cc(-c3cc(-c4ccc(CCCC)cc4)cc(C)c3C)ccc2-c2c1cc(C)c1ccccc21. The average molecular weight is 691 g/mol. The Balaban J connectivity index is 1.46. The van der Waals surface area contributed by atoms with E-state index in [-0.39, 0.29) is 5.41 Å². The number of hydrogen-bond donors (Lipinski definition) is 0. The molecule has 0 heteroatoms. The predicted molar refractivity (Wildman–Crippen MR) is 230 cm³/mol. The fourth-order valence-corrected chi connectivity index (χ4v) is 9.34. The van der Waals surface area contributed by atoms with Gasteiger partial charge in [0.25, 0.3) is 0 Å². The minimum Gasteiger partial charge on any atom is -0.0654 e. The fourth-order valence-electron chi connectivity index (χ4n) is 9.34. The van der Waals surface area contributed by atoms with Gasteiger partial charge in [0.05, 0.1) is 0 Å². The van der Waals surface area contributed by atoms with Crippen molar-refractivity contribution < 1.29 is 0 Å². The fraction of sp³-hybridized carbons (Fsp3) is 0.462. The first-order valence-corrected chi connectivity index (χ1v) is 21.3. The highest BCUT2D eigenvalue weighted by Crippen LogP contribution is 2.57. The van der Waals surface area contributed by atoms with Crippen molar-refractivity contribution in [3.63, 3.8) is 0 Å². The van der Waals surface area contributed by atoms with Gasteiger partial charge in [0.2, 0.25) is 0 Å². The Bertz CT molecular complexity index is 1900. The van der Waals surface area contributed by atoms with E-state index in [4.69, 9.17) is 0 Å². The molecule has 0 spiro atoms. The Morgan fingerprint density at radius 2 is 1.04 bits per heavy atom. The summed E-state index contributed by atoms with van der Waals surface area (Å²) in [5, 5.41) is 2.85.